The third-order valence-corrected chi connectivity index (χ3v) is 10.5. The Balaban J connectivity index is 1.51. The molecule has 0 saturated heterocycles. The summed E-state index contributed by atoms with van der Waals surface area (Å²) in [5.74, 6) is 2.32. The van der Waals surface area contributed by atoms with Gasteiger partial charge in [0.15, 0.2) is 5.78 Å². The maximum atomic E-state index is 12.3. The largest absolute Gasteiger partial charge is 0.393 e. The lowest BCUT2D eigenvalue weighted by molar-refractivity contribution is -0.137. The van der Waals surface area contributed by atoms with Gasteiger partial charge in [0.1, 0.15) is 5.60 Å². The Hall–Kier alpha value is -0.710. The van der Waals surface area contributed by atoms with Gasteiger partial charge in [0, 0.05) is 6.42 Å². The molecule has 31 heavy (non-hydrogen) atoms. The second-order valence-corrected chi connectivity index (χ2v) is 12.5. The highest BCUT2D eigenvalue weighted by Gasteiger charge is 2.59. The summed E-state index contributed by atoms with van der Waals surface area (Å²) in [7, 11) is 0. The van der Waals surface area contributed by atoms with Crippen LogP contribution >= 0.6 is 0 Å². The summed E-state index contributed by atoms with van der Waals surface area (Å²) in [4.78, 5) is 12.3. The van der Waals surface area contributed by atoms with E-state index in [0.717, 1.165) is 32.1 Å². The van der Waals surface area contributed by atoms with E-state index in [1.165, 1.54) is 38.7 Å². The molecule has 0 spiro atoms. The molecule has 176 valence electrons. The molecule has 0 bridgehead atoms. The van der Waals surface area contributed by atoms with Gasteiger partial charge in [-0.05, 0) is 106 Å². The van der Waals surface area contributed by atoms with Gasteiger partial charge in [0.05, 0.1) is 12.2 Å². The van der Waals surface area contributed by atoms with Crippen LogP contribution in [-0.4, -0.2) is 38.9 Å². The standard InChI is InChI=1S/C27H44O4/c1-16(23(29)15-24(30)25(2,3)31)20-8-9-21-19-7-6-17-14-18(28)10-12-26(17,4)22(19)11-13-27(20,21)5/h6,16,18-23,28-29,31H,7-15H2,1-5H3/t16?,18-,19-,20+,21-,22-,23?,26-,27+/m0/s1. The van der Waals surface area contributed by atoms with Crippen LogP contribution in [0, 0.1) is 40.4 Å². The molecule has 4 heteroatoms. The third-order valence-electron chi connectivity index (χ3n) is 10.5. The molecule has 3 saturated carbocycles. The molecule has 0 aromatic rings. The minimum atomic E-state index is -1.38. The topological polar surface area (TPSA) is 77.8 Å². The fourth-order valence-electron chi connectivity index (χ4n) is 8.44. The van der Waals surface area contributed by atoms with Gasteiger partial charge in [0.2, 0.25) is 0 Å². The van der Waals surface area contributed by atoms with E-state index < -0.39 is 11.7 Å². The number of rotatable bonds is 5. The molecule has 0 aromatic heterocycles. The Morgan fingerprint density at radius 3 is 2.55 bits per heavy atom. The molecule has 0 aliphatic heterocycles. The highest BCUT2D eigenvalue weighted by atomic mass is 16.3. The smallest absolute Gasteiger partial charge is 0.166 e. The number of carbonyl (C=O) groups is 1. The first-order valence-electron chi connectivity index (χ1n) is 12.7. The summed E-state index contributed by atoms with van der Waals surface area (Å²) in [6.07, 6.45) is 10.5. The van der Waals surface area contributed by atoms with E-state index in [9.17, 15) is 20.1 Å². The lowest BCUT2D eigenvalue weighted by Gasteiger charge is -2.58. The fourth-order valence-corrected chi connectivity index (χ4v) is 8.44. The highest BCUT2D eigenvalue weighted by molar-refractivity contribution is 5.86. The van der Waals surface area contributed by atoms with Crippen LogP contribution in [0.15, 0.2) is 11.6 Å². The van der Waals surface area contributed by atoms with E-state index >= 15 is 0 Å². The van der Waals surface area contributed by atoms with E-state index in [-0.39, 0.29) is 35.1 Å². The van der Waals surface area contributed by atoms with E-state index in [0.29, 0.717) is 23.7 Å². The van der Waals surface area contributed by atoms with Crippen molar-refractivity contribution in [1.82, 2.24) is 0 Å². The number of hydrogen-bond acceptors (Lipinski definition) is 4. The van der Waals surface area contributed by atoms with Crippen LogP contribution in [0.5, 0.6) is 0 Å². The van der Waals surface area contributed by atoms with Crippen molar-refractivity contribution in [3.05, 3.63) is 11.6 Å². The first-order valence-corrected chi connectivity index (χ1v) is 12.7. The van der Waals surface area contributed by atoms with Gasteiger partial charge in [-0.3, -0.25) is 4.79 Å². The molecule has 0 heterocycles. The zero-order chi connectivity index (χ0) is 22.8. The van der Waals surface area contributed by atoms with Crippen LogP contribution in [0.2, 0.25) is 0 Å². The molecule has 9 atom stereocenters. The van der Waals surface area contributed by atoms with Crippen LogP contribution in [-0.2, 0) is 4.79 Å². The van der Waals surface area contributed by atoms with E-state index in [2.05, 4.69) is 26.8 Å². The van der Waals surface area contributed by atoms with Crippen molar-refractivity contribution in [1.29, 1.82) is 0 Å². The molecule has 4 aliphatic rings. The van der Waals surface area contributed by atoms with Crippen molar-refractivity contribution in [2.45, 2.75) is 110 Å². The Bertz CT molecular complexity index is 736. The molecule has 0 amide bonds. The van der Waals surface area contributed by atoms with Crippen molar-refractivity contribution in [3.63, 3.8) is 0 Å². The van der Waals surface area contributed by atoms with Gasteiger partial charge < -0.3 is 15.3 Å². The van der Waals surface area contributed by atoms with Gasteiger partial charge >= 0.3 is 0 Å². The molecule has 4 nitrogen and oxygen atoms in total. The van der Waals surface area contributed by atoms with Gasteiger partial charge in [-0.15, -0.1) is 0 Å². The summed E-state index contributed by atoms with van der Waals surface area (Å²) in [5.41, 5.74) is 0.608. The quantitative estimate of drug-likeness (QED) is 0.553. The van der Waals surface area contributed by atoms with Crippen LogP contribution in [0.4, 0.5) is 0 Å². The van der Waals surface area contributed by atoms with Crippen molar-refractivity contribution >= 4 is 5.78 Å². The predicted molar refractivity (Wildman–Crippen MR) is 122 cm³/mol. The van der Waals surface area contributed by atoms with Gasteiger partial charge in [-0.1, -0.05) is 32.4 Å². The van der Waals surface area contributed by atoms with E-state index in [4.69, 9.17) is 0 Å². The fraction of sp³-hybridized carbons (Fsp3) is 0.889. The van der Waals surface area contributed by atoms with Crippen LogP contribution in [0.1, 0.15) is 92.4 Å². The molecule has 4 aliphatic carbocycles. The minimum Gasteiger partial charge on any atom is -0.393 e. The summed E-state index contributed by atoms with van der Waals surface area (Å²) in [6, 6.07) is 0. The predicted octanol–water partition coefficient (Wildman–Crippen LogP) is 4.65. The first-order chi connectivity index (χ1) is 14.4. The van der Waals surface area contributed by atoms with Crippen LogP contribution in [0.3, 0.4) is 0 Å². The molecule has 0 radical (unpaired) electrons. The maximum Gasteiger partial charge on any atom is 0.166 e. The number of Topliss-reactive ketones (excluding diaryl/α,β-unsaturated/α-hetero) is 1. The zero-order valence-corrected chi connectivity index (χ0v) is 20.2. The number of aliphatic hydroxyl groups excluding tert-OH is 2. The zero-order valence-electron chi connectivity index (χ0n) is 20.2. The van der Waals surface area contributed by atoms with Crippen molar-refractivity contribution in [2.24, 2.45) is 40.4 Å². The van der Waals surface area contributed by atoms with E-state index in [1.807, 2.05) is 0 Å². The number of allylic oxidation sites excluding steroid dienone is 1. The molecule has 4 rings (SSSR count). The lowest BCUT2D eigenvalue weighted by Crippen LogP contribution is -2.51. The number of ketones is 1. The number of carbonyl (C=O) groups excluding carboxylic acids is 1. The minimum absolute atomic E-state index is 0.0421. The normalized spacial score (nSPS) is 44.5. The molecule has 3 fully saturated rings. The van der Waals surface area contributed by atoms with Crippen molar-refractivity contribution in [2.75, 3.05) is 0 Å². The van der Waals surface area contributed by atoms with Crippen LogP contribution < -0.4 is 0 Å². The Kier molecular flexibility index (Phi) is 6.02. The highest BCUT2D eigenvalue weighted by Crippen LogP contribution is 2.67. The molecule has 3 N–H and O–H groups in total. The number of hydrogen-bond donors (Lipinski definition) is 3. The SMILES string of the molecule is CC(C(O)CC(=O)C(C)(C)O)[C@H]1CC[C@H]2[C@@H]3CC=C4C[C@@H](O)CC[C@]4(C)[C@H]3CC[C@]12C. The summed E-state index contributed by atoms with van der Waals surface area (Å²) >= 11 is 0. The van der Waals surface area contributed by atoms with Gasteiger partial charge in [-0.25, -0.2) is 0 Å². The monoisotopic (exact) mass is 432 g/mol. The molecule has 0 aromatic carbocycles. The molecule has 2 unspecified atom stereocenters. The molecular formula is C27H44O4. The molecular weight excluding hydrogens is 388 g/mol. The Labute approximate surface area is 188 Å². The summed E-state index contributed by atoms with van der Waals surface area (Å²) in [5, 5.41) is 31.1. The van der Waals surface area contributed by atoms with Gasteiger partial charge in [-0.2, -0.15) is 0 Å². The average Bonchev–Trinajstić information content (AvgIpc) is 3.04. The second-order valence-electron chi connectivity index (χ2n) is 12.5. The second kappa shape index (κ2) is 7.95. The number of fused-ring (bicyclic) bond motifs is 5. The third kappa shape index (κ3) is 3.85. The van der Waals surface area contributed by atoms with Crippen molar-refractivity contribution in [3.8, 4) is 0 Å². The summed E-state index contributed by atoms with van der Waals surface area (Å²) < 4.78 is 0. The first kappa shape index (κ1) is 23.4. The Morgan fingerprint density at radius 1 is 1.16 bits per heavy atom. The van der Waals surface area contributed by atoms with Crippen molar-refractivity contribution < 1.29 is 20.1 Å². The van der Waals surface area contributed by atoms with Crippen LogP contribution in [0.25, 0.3) is 0 Å². The van der Waals surface area contributed by atoms with E-state index in [1.54, 1.807) is 0 Å². The van der Waals surface area contributed by atoms with Gasteiger partial charge in [0.25, 0.3) is 0 Å². The lowest BCUT2D eigenvalue weighted by atomic mass is 9.47. The summed E-state index contributed by atoms with van der Waals surface area (Å²) in [6.45, 7) is 10.1. The Morgan fingerprint density at radius 2 is 1.87 bits per heavy atom. The number of aliphatic hydroxyl groups is 3. The average molecular weight is 433 g/mol. The maximum absolute atomic E-state index is 12.3.